The van der Waals surface area contributed by atoms with E-state index >= 15 is 0 Å². The Kier molecular flexibility index (Phi) is 2.95. The number of benzene rings is 2. The van der Waals surface area contributed by atoms with E-state index in [2.05, 4.69) is 0 Å². The summed E-state index contributed by atoms with van der Waals surface area (Å²) in [6, 6.07) is 12.3. The van der Waals surface area contributed by atoms with Crippen molar-refractivity contribution in [2.24, 2.45) is 0 Å². The first-order chi connectivity index (χ1) is 8.00. The summed E-state index contributed by atoms with van der Waals surface area (Å²) in [6.07, 6.45) is 0. The van der Waals surface area contributed by atoms with E-state index < -0.39 is 20.8 Å². The van der Waals surface area contributed by atoms with Gasteiger partial charge in [-0.25, -0.2) is 4.39 Å². The fourth-order valence-electron chi connectivity index (χ4n) is 1.62. The van der Waals surface area contributed by atoms with Gasteiger partial charge in [-0.3, -0.25) is 4.55 Å². The Balaban J connectivity index is 2.76. The van der Waals surface area contributed by atoms with E-state index in [-0.39, 0.29) is 5.56 Å². The molecule has 2 rings (SSSR count). The summed E-state index contributed by atoms with van der Waals surface area (Å²) in [5.74, 6) is -0.964. The van der Waals surface area contributed by atoms with E-state index in [9.17, 15) is 12.8 Å². The Morgan fingerprint density at radius 1 is 0.941 bits per heavy atom. The fourth-order valence-corrected chi connectivity index (χ4v) is 2.39. The number of hydrogen-bond acceptors (Lipinski definition) is 2. The van der Waals surface area contributed by atoms with E-state index in [1.165, 1.54) is 12.1 Å². The molecule has 0 radical (unpaired) electrons. The van der Waals surface area contributed by atoms with Gasteiger partial charge in [0.25, 0.3) is 10.1 Å². The third kappa shape index (κ3) is 2.35. The maximum Gasteiger partial charge on any atom is 0.298 e. The second-order valence-electron chi connectivity index (χ2n) is 3.46. The van der Waals surface area contributed by atoms with Crippen LogP contribution in [0.4, 0.5) is 4.39 Å². The molecule has 2 aromatic carbocycles. The largest absolute Gasteiger partial charge is 0.298 e. The highest BCUT2D eigenvalue weighted by atomic mass is 32.2. The van der Waals surface area contributed by atoms with Crippen molar-refractivity contribution < 1.29 is 17.4 Å². The first kappa shape index (κ1) is 11.8. The molecule has 5 heteroatoms. The highest BCUT2D eigenvalue weighted by molar-refractivity contribution is 7.86. The predicted molar refractivity (Wildman–Crippen MR) is 61.7 cm³/mol. The lowest BCUT2D eigenvalue weighted by Gasteiger charge is -2.07. The van der Waals surface area contributed by atoms with Crippen molar-refractivity contribution in [3.05, 3.63) is 54.3 Å². The lowest BCUT2D eigenvalue weighted by molar-refractivity contribution is 0.474. The zero-order valence-corrected chi connectivity index (χ0v) is 9.49. The van der Waals surface area contributed by atoms with Gasteiger partial charge in [-0.05, 0) is 11.6 Å². The van der Waals surface area contributed by atoms with Crippen LogP contribution in [0.1, 0.15) is 0 Å². The van der Waals surface area contributed by atoms with Crippen LogP contribution >= 0.6 is 0 Å². The maximum absolute atomic E-state index is 13.5. The molecule has 2 aromatic rings. The van der Waals surface area contributed by atoms with Gasteiger partial charge in [-0.2, -0.15) is 8.42 Å². The third-order valence-electron chi connectivity index (χ3n) is 2.31. The average molecular weight is 252 g/mol. The molecule has 17 heavy (non-hydrogen) atoms. The van der Waals surface area contributed by atoms with Gasteiger partial charge in [0.05, 0.1) is 0 Å². The molecule has 0 saturated carbocycles. The number of hydrogen-bond donors (Lipinski definition) is 1. The summed E-state index contributed by atoms with van der Waals surface area (Å²) in [4.78, 5) is -0.689. The van der Waals surface area contributed by atoms with Crippen molar-refractivity contribution >= 4 is 10.1 Å². The molecule has 0 aliphatic rings. The summed E-state index contributed by atoms with van der Waals surface area (Å²) in [5, 5.41) is 0. The van der Waals surface area contributed by atoms with E-state index in [4.69, 9.17) is 4.55 Å². The molecule has 0 amide bonds. The molecular weight excluding hydrogens is 243 g/mol. The molecule has 0 aliphatic heterocycles. The van der Waals surface area contributed by atoms with Crippen LogP contribution in [0, 0.1) is 5.82 Å². The van der Waals surface area contributed by atoms with Crippen LogP contribution in [0.5, 0.6) is 0 Å². The van der Waals surface area contributed by atoms with Gasteiger partial charge < -0.3 is 0 Å². The topological polar surface area (TPSA) is 54.4 Å². The zero-order chi connectivity index (χ0) is 12.5. The molecule has 88 valence electrons. The Labute approximate surface area is 98.3 Å². The van der Waals surface area contributed by atoms with Crippen LogP contribution in [-0.2, 0) is 10.1 Å². The normalized spacial score (nSPS) is 11.4. The van der Waals surface area contributed by atoms with Gasteiger partial charge in [0.1, 0.15) is 10.7 Å². The Morgan fingerprint density at radius 2 is 1.59 bits per heavy atom. The third-order valence-corrected chi connectivity index (χ3v) is 3.24. The Bertz CT molecular complexity index is 636. The van der Waals surface area contributed by atoms with Gasteiger partial charge >= 0.3 is 0 Å². The van der Waals surface area contributed by atoms with Crippen molar-refractivity contribution in [3.8, 4) is 11.1 Å². The second-order valence-corrected chi connectivity index (χ2v) is 4.82. The van der Waals surface area contributed by atoms with Crippen LogP contribution in [0.25, 0.3) is 11.1 Å². The predicted octanol–water partition coefficient (Wildman–Crippen LogP) is 2.74. The quantitative estimate of drug-likeness (QED) is 0.836. The molecule has 3 nitrogen and oxygen atoms in total. The molecule has 1 N–H and O–H groups in total. The first-order valence-electron chi connectivity index (χ1n) is 4.81. The minimum atomic E-state index is -4.59. The van der Waals surface area contributed by atoms with E-state index in [1.54, 1.807) is 30.3 Å². The lowest BCUT2D eigenvalue weighted by Crippen LogP contribution is -2.04. The minimum absolute atomic E-state index is 0.146. The summed E-state index contributed by atoms with van der Waals surface area (Å²) < 4.78 is 44.9. The van der Waals surface area contributed by atoms with Gasteiger partial charge in [0.2, 0.25) is 0 Å². The standard InChI is InChI=1S/C12H9FO3S/c13-11-8-4-7-10(12(11)17(14,15)16)9-5-2-1-3-6-9/h1-8H,(H,14,15,16). The van der Waals surface area contributed by atoms with Gasteiger partial charge in [0, 0.05) is 5.56 Å². The molecule has 0 bridgehead atoms. The van der Waals surface area contributed by atoms with Crippen LogP contribution in [0.3, 0.4) is 0 Å². The molecule has 0 unspecified atom stereocenters. The highest BCUT2D eigenvalue weighted by Gasteiger charge is 2.21. The van der Waals surface area contributed by atoms with Crippen molar-refractivity contribution in [2.75, 3.05) is 0 Å². The number of halogens is 1. The summed E-state index contributed by atoms with van der Waals surface area (Å²) >= 11 is 0. The Hall–Kier alpha value is -1.72. The van der Waals surface area contributed by atoms with Crippen molar-refractivity contribution in [3.63, 3.8) is 0 Å². The molecule has 0 saturated heterocycles. The SMILES string of the molecule is O=S(=O)(O)c1c(F)cccc1-c1ccccc1. The smallest absolute Gasteiger partial charge is 0.282 e. The van der Waals surface area contributed by atoms with E-state index in [0.29, 0.717) is 5.56 Å². The first-order valence-corrected chi connectivity index (χ1v) is 6.25. The molecule has 0 aliphatic carbocycles. The van der Waals surface area contributed by atoms with Crippen molar-refractivity contribution in [1.82, 2.24) is 0 Å². The van der Waals surface area contributed by atoms with Gasteiger partial charge in [-0.1, -0.05) is 42.5 Å². The van der Waals surface area contributed by atoms with Crippen LogP contribution in [0.2, 0.25) is 0 Å². The van der Waals surface area contributed by atoms with Crippen LogP contribution in [0.15, 0.2) is 53.4 Å². The molecule has 0 atom stereocenters. The van der Waals surface area contributed by atoms with Gasteiger partial charge in [0.15, 0.2) is 0 Å². The fraction of sp³-hybridized carbons (Fsp3) is 0. The Morgan fingerprint density at radius 3 is 2.18 bits per heavy atom. The van der Waals surface area contributed by atoms with E-state index in [0.717, 1.165) is 6.07 Å². The zero-order valence-electron chi connectivity index (χ0n) is 8.67. The highest BCUT2D eigenvalue weighted by Crippen LogP contribution is 2.28. The lowest BCUT2D eigenvalue weighted by atomic mass is 10.1. The summed E-state index contributed by atoms with van der Waals surface area (Å²) in [6.45, 7) is 0. The summed E-state index contributed by atoms with van der Waals surface area (Å²) in [5.41, 5.74) is 0.674. The van der Waals surface area contributed by atoms with Crippen molar-refractivity contribution in [2.45, 2.75) is 4.90 Å². The van der Waals surface area contributed by atoms with E-state index in [1.807, 2.05) is 0 Å². The van der Waals surface area contributed by atoms with Crippen LogP contribution < -0.4 is 0 Å². The molecular formula is C12H9FO3S. The second kappa shape index (κ2) is 4.27. The molecule has 0 heterocycles. The van der Waals surface area contributed by atoms with Crippen molar-refractivity contribution in [1.29, 1.82) is 0 Å². The minimum Gasteiger partial charge on any atom is -0.282 e. The van der Waals surface area contributed by atoms with Crippen LogP contribution in [-0.4, -0.2) is 13.0 Å². The van der Waals surface area contributed by atoms with Gasteiger partial charge in [-0.15, -0.1) is 0 Å². The maximum atomic E-state index is 13.5. The summed E-state index contributed by atoms with van der Waals surface area (Å²) in [7, 11) is -4.59. The molecule has 0 aromatic heterocycles. The number of rotatable bonds is 2. The molecule has 0 fully saturated rings. The molecule has 0 spiro atoms. The monoisotopic (exact) mass is 252 g/mol. The average Bonchev–Trinajstić information content (AvgIpc) is 2.28.